The fourth-order valence-electron chi connectivity index (χ4n) is 2.83. The fraction of sp³-hybridized carbons (Fsp3) is 0.0400. The molecule has 0 saturated carbocycles. The number of aromatic nitrogens is 1. The molecule has 0 radical (unpaired) electrons. The second-order valence-corrected chi connectivity index (χ2v) is 8.43. The minimum Gasteiger partial charge on any atom is -0.495 e. The normalized spacial score (nSPS) is 10.2. The molecule has 4 rings (SSSR count). The van der Waals surface area contributed by atoms with E-state index in [0.29, 0.717) is 11.4 Å². The quantitative estimate of drug-likeness (QED) is 0.256. The summed E-state index contributed by atoms with van der Waals surface area (Å²) in [7, 11) is 1.49. The van der Waals surface area contributed by atoms with Crippen LogP contribution in [0.2, 0.25) is 0 Å². The number of aromatic carboxylic acids is 1. The van der Waals surface area contributed by atoms with Gasteiger partial charge in [0, 0.05) is 34.0 Å². The Morgan fingerprint density at radius 2 is 1.73 bits per heavy atom. The van der Waals surface area contributed by atoms with Crippen molar-refractivity contribution >= 4 is 34.9 Å². The molecule has 1 aromatic heterocycles. The Balaban J connectivity index is 1.41. The zero-order valence-corrected chi connectivity index (χ0v) is 19.0. The Kier molecular flexibility index (Phi) is 6.93. The molecule has 0 bridgehead atoms. The van der Waals surface area contributed by atoms with E-state index in [0.717, 1.165) is 26.7 Å². The maximum atomic E-state index is 13.0. The Hall–Kier alpha value is -3.80. The fourth-order valence-corrected chi connectivity index (χ4v) is 4.43. The standard InChI is InChI=1S/C25H17FN2O3S2/c1-31-22-14-19(25(29)30)10-13-21(22)28-33-23-15-32-24(27-23)18-8-4-16(5-9-18)2-3-17-6-11-20(26)12-7-17/h4-15,28H,1H3,(H,29,30). The van der Waals surface area contributed by atoms with Gasteiger partial charge in [0.1, 0.15) is 21.6 Å². The summed E-state index contributed by atoms with van der Waals surface area (Å²) in [6, 6.07) is 18.5. The van der Waals surface area contributed by atoms with Crippen molar-refractivity contribution in [2.24, 2.45) is 0 Å². The van der Waals surface area contributed by atoms with Crippen molar-refractivity contribution in [3.05, 3.63) is 94.6 Å². The second-order valence-electron chi connectivity index (χ2n) is 6.75. The van der Waals surface area contributed by atoms with E-state index in [1.807, 2.05) is 29.6 Å². The third kappa shape index (κ3) is 5.71. The molecule has 0 aliphatic rings. The lowest BCUT2D eigenvalue weighted by atomic mass is 10.1. The topological polar surface area (TPSA) is 71.5 Å². The summed E-state index contributed by atoms with van der Waals surface area (Å²) in [6.45, 7) is 0. The summed E-state index contributed by atoms with van der Waals surface area (Å²) in [5.41, 5.74) is 3.40. The first kappa shape index (κ1) is 22.4. The largest absolute Gasteiger partial charge is 0.495 e. The van der Waals surface area contributed by atoms with Crippen LogP contribution in [-0.4, -0.2) is 23.2 Å². The van der Waals surface area contributed by atoms with E-state index in [2.05, 4.69) is 21.5 Å². The monoisotopic (exact) mass is 476 g/mol. The average Bonchev–Trinajstić information content (AvgIpc) is 3.31. The van der Waals surface area contributed by atoms with E-state index in [-0.39, 0.29) is 11.4 Å². The Morgan fingerprint density at radius 3 is 2.36 bits per heavy atom. The Labute approximate surface area is 198 Å². The number of nitrogens with one attached hydrogen (secondary N) is 1. The second kappa shape index (κ2) is 10.2. The van der Waals surface area contributed by atoms with Crippen LogP contribution in [0, 0.1) is 17.7 Å². The molecular weight excluding hydrogens is 459 g/mol. The number of carboxylic acids is 1. The summed E-state index contributed by atoms with van der Waals surface area (Å²) in [5.74, 6) is 5.24. The number of carboxylic acid groups (broad SMARTS) is 1. The summed E-state index contributed by atoms with van der Waals surface area (Å²) in [4.78, 5) is 15.8. The van der Waals surface area contributed by atoms with Gasteiger partial charge in [-0.25, -0.2) is 14.2 Å². The zero-order valence-electron chi connectivity index (χ0n) is 17.3. The smallest absolute Gasteiger partial charge is 0.335 e. The molecule has 0 unspecified atom stereocenters. The number of benzene rings is 3. The van der Waals surface area contributed by atoms with Crippen LogP contribution in [-0.2, 0) is 0 Å². The van der Waals surface area contributed by atoms with Gasteiger partial charge in [-0.2, -0.15) is 0 Å². The summed E-state index contributed by atoms with van der Waals surface area (Å²) in [6.07, 6.45) is 0. The molecule has 0 amide bonds. The first-order valence-corrected chi connectivity index (χ1v) is 11.4. The van der Waals surface area contributed by atoms with Crippen molar-refractivity contribution < 1.29 is 19.0 Å². The molecule has 164 valence electrons. The number of rotatable bonds is 6. The Bertz CT molecular complexity index is 1340. The maximum absolute atomic E-state index is 13.0. The number of ether oxygens (including phenoxy) is 1. The zero-order chi connectivity index (χ0) is 23.2. The van der Waals surface area contributed by atoms with E-state index < -0.39 is 5.97 Å². The number of hydrogen-bond donors (Lipinski definition) is 2. The molecule has 0 spiro atoms. The molecule has 0 fully saturated rings. The highest BCUT2D eigenvalue weighted by atomic mass is 32.2. The van der Waals surface area contributed by atoms with Crippen LogP contribution in [0.3, 0.4) is 0 Å². The maximum Gasteiger partial charge on any atom is 0.335 e. The van der Waals surface area contributed by atoms with Gasteiger partial charge >= 0.3 is 5.97 Å². The number of hydrogen-bond acceptors (Lipinski definition) is 6. The Morgan fingerprint density at radius 1 is 1.06 bits per heavy atom. The predicted molar refractivity (Wildman–Crippen MR) is 129 cm³/mol. The molecule has 0 atom stereocenters. The van der Waals surface area contributed by atoms with Crippen LogP contribution >= 0.6 is 23.3 Å². The van der Waals surface area contributed by atoms with Crippen molar-refractivity contribution in [2.75, 3.05) is 11.8 Å². The van der Waals surface area contributed by atoms with Gasteiger partial charge in [-0.3, -0.25) is 0 Å². The van der Waals surface area contributed by atoms with Gasteiger partial charge < -0.3 is 14.6 Å². The van der Waals surface area contributed by atoms with Gasteiger partial charge in [0.05, 0.1) is 18.4 Å². The van der Waals surface area contributed by atoms with Crippen molar-refractivity contribution in [2.45, 2.75) is 5.03 Å². The van der Waals surface area contributed by atoms with Gasteiger partial charge in [0.15, 0.2) is 0 Å². The number of carbonyl (C=O) groups is 1. The molecule has 0 saturated heterocycles. The number of anilines is 1. The lowest BCUT2D eigenvalue weighted by Crippen LogP contribution is -1.99. The number of nitrogens with zero attached hydrogens (tertiary/aromatic N) is 1. The minimum absolute atomic E-state index is 0.157. The lowest BCUT2D eigenvalue weighted by Gasteiger charge is -2.10. The van der Waals surface area contributed by atoms with Crippen molar-refractivity contribution in [1.82, 2.24) is 4.98 Å². The molecule has 33 heavy (non-hydrogen) atoms. The van der Waals surface area contributed by atoms with Gasteiger partial charge in [-0.05, 0) is 54.6 Å². The van der Waals surface area contributed by atoms with Crippen LogP contribution in [0.4, 0.5) is 10.1 Å². The average molecular weight is 477 g/mol. The minimum atomic E-state index is -1.01. The van der Waals surface area contributed by atoms with E-state index in [1.165, 1.54) is 54.7 Å². The van der Waals surface area contributed by atoms with Crippen LogP contribution in [0.1, 0.15) is 21.5 Å². The molecule has 5 nitrogen and oxygen atoms in total. The van der Waals surface area contributed by atoms with E-state index in [9.17, 15) is 9.18 Å². The molecule has 0 aliphatic heterocycles. The summed E-state index contributed by atoms with van der Waals surface area (Å²) in [5, 5.41) is 12.7. The van der Waals surface area contributed by atoms with Crippen LogP contribution in [0.5, 0.6) is 5.75 Å². The third-order valence-corrected chi connectivity index (χ3v) is 6.31. The highest BCUT2D eigenvalue weighted by Gasteiger charge is 2.11. The van der Waals surface area contributed by atoms with Crippen molar-refractivity contribution in [3.63, 3.8) is 0 Å². The van der Waals surface area contributed by atoms with E-state index in [4.69, 9.17) is 9.84 Å². The van der Waals surface area contributed by atoms with E-state index >= 15 is 0 Å². The van der Waals surface area contributed by atoms with Gasteiger partial charge in [0.25, 0.3) is 0 Å². The van der Waals surface area contributed by atoms with Crippen LogP contribution < -0.4 is 9.46 Å². The number of methoxy groups -OCH3 is 1. The highest BCUT2D eigenvalue weighted by Crippen LogP contribution is 2.32. The van der Waals surface area contributed by atoms with E-state index in [1.54, 1.807) is 18.2 Å². The molecule has 0 aliphatic carbocycles. The number of halogens is 1. The first-order chi connectivity index (χ1) is 16.0. The summed E-state index contributed by atoms with van der Waals surface area (Å²) >= 11 is 2.83. The first-order valence-electron chi connectivity index (χ1n) is 9.69. The molecular formula is C25H17FN2O3S2. The molecule has 3 aromatic carbocycles. The summed E-state index contributed by atoms with van der Waals surface area (Å²) < 4.78 is 21.4. The van der Waals surface area contributed by atoms with Gasteiger partial charge in [0.2, 0.25) is 0 Å². The molecule has 4 aromatic rings. The molecule has 1 heterocycles. The third-order valence-electron chi connectivity index (χ3n) is 4.52. The molecule has 8 heteroatoms. The molecule has 2 N–H and O–H groups in total. The van der Waals surface area contributed by atoms with Crippen LogP contribution in [0.25, 0.3) is 10.6 Å². The highest BCUT2D eigenvalue weighted by molar-refractivity contribution is 8.00. The number of thiazole rings is 1. The van der Waals surface area contributed by atoms with Crippen molar-refractivity contribution in [3.8, 4) is 28.2 Å². The van der Waals surface area contributed by atoms with Gasteiger partial charge in [-0.1, -0.05) is 24.0 Å². The van der Waals surface area contributed by atoms with Gasteiger partial charge in [-0.15, -0.1) is 11.3 Å². The SMILES string of the molecule is COc1cc(C(=O)O)ccc1NSc1csc(-c2ccc(C#Cc3ccc(F)cc3)cc2)n1. The van der Waals surface area contributed by atoms with Crippen molar-refractivity contribution in [1.29, 1.82) is 0 Å². The lowest BCUT2D eigenvalue weighted by molar-refractivity contribution is 0.0696. The van der Waals surface area contributed by atoms with Crippen LogP contribution in [0.15, 0.2) is 77.1 Å². The predicted octanol–water partition coefficient (Wildman–Crippen LogP) is 6.18.